The lowest BCUT2D eigenvalue weighted by atomic mass is 10.1. The van der Waals surface area contributed by atoms with Crippen LogP contribution in [0.25, 0.3) is 0 Å². The third kappa shape index (κ3) is 2.75. The molecule has 1 aliphatic rings. The smallest absolute Gasteiger partial charge is 0.261 e. The van der Waals surface area contributed by atoms with Crippen LogP contribution in [0.3, 0.4) is 0 Å². The number of carbonyl (C=O) groups is 2. The van der Waals surface area contributed by atoms with Gasteiger partial charge in [0.25, 0.3) is 11.8 Å². The molecule has 0 atom stereocenters. The number of carbonyl (C=O) groups excluding carboxylic acids is 2. The molecule has 3 rings (SSSR count). The second-order valence-electron chi connectivity index (χ2n) is 5.18. The highest BCUT2D eigenvalue weighted by molar-refractivity contribution is 7.07. The van der Waals surface area contributed by atoms with Gasteiger partial charge in [0.1, 0.15) is 0 Å². The molecule has 1 aromatic heterocycles. The second kappa shape index (κ2) is 5.79. The molecule has 0 fully saturated rings. The maximum Gasteiger partial charge on any atom is 0.261 e. The van der Waals surface area contributed by atoms with Gasteiger partial charge in [-0.3, -0.25) is 14.5 Å². The minimum absolute atomic E-state index is 0.181. The predicted octanol–water partition coefficient (Wildman–Crippen LogP) is 2.48. The van der Waals surface area contributed by atoms with Gasteiger partial charge in [0.2, 0.25) is 0 Å². The van der Waals surface area contributed by atoms with Crippen LogP contribution in [0.2, 0.25) is 0 Å². The van der Waals surface area contributed by atoms with Crippen LogP contribution in [0.15, 0.2) is 41.1 Å². The van der Waals surface area contributed by atoms with E-state index in [2.05, 4.69) is 16.3 Å². The zero-order valence-electron chi connectivity index (χ0n) is 11.8. The van der Waals surface area contributed by atoms with Crippen LogP contribution in [-0.4, -0.2) is 41.8 Å². The number of thiophene rings is 1. The Balaban J connectivity index is 1.62. The van der Waals surface area contributed by atoms with Crippen LogP contribution in [0.4, 0.5) is 0 Å². The molecule has 5 heteroatoms. The maximum atomic E-state index is 12.2. The number of likely N-dealkylation sites (N-methyl/N-ethyl adjacent to an activating group) is 1. The Morgan fingerprint density at radius 3 is 2.33 bits per heavy atom. The summed E-state index contributed by atoms with van der Waals surface area (Å²) in [6.45, 7) is 1.92. The van der Waals surface area contributed by atoms with Crippen LogP contribution < -0.4 is 0 Å². The highest BCUT2D eigenvalue weighted by atomic mass is 32.1. The van der Waals surface area contributed by atoms with Gasteiger partial charge >= 0.3 is 0 Å². The van der Waals surface area contributed by atoms with E-state index >= 15 is 0 Å². The first-order valence-corrected chi connectivity index (χ1v) is 7.76. The Morgan fingerprint density at radius 2 is 1.76 bits per heavy atom. The lowest BCUT2D eigenvalue weighted by Crippen LogP contribution is -2.36. The molecule has 0 radical (unpaired) electrons. The standard InChI is InChI=1S/C16H16N2O2S/c1-17(10-12-6-9-21-11-12)7-8-18-15(19)13-4-2-3-5-14(13)16(18)20/h2-6,9,11H,7-8,10H2,1H3. The fraction of sp³-hybridized carbons (Fsp3) is 0.250. The van der Waals surface area contributed by atoms with Gasteiger partial charge in [0, 0.05) is 19.6 Å². The van der Waals surface area contributed by atoms with Crippen molar-refractivity contribution in [3.63, 3.8) is 0 Å². The van der Waals surface area contributed by atoms with Crippen molar-refractivity contribution in [3.05, 3.63) is 57.8 Å². The summed E-state index contributed by atoms with van der Waals surface area (Å²) in [6.07, 6.45) is 0. The molecule has 0 spiro atoms. The summed E-state index contributed by atoms with van der Waals surface area (Å²) in [4.78, 5) is 27.9. The molecule has 0 bridgehead atoms. The van der Waals surface area contributed by atoms with Gasteiger partial charge in [-0.05, 0) is 41.6 Å². The van der Waals surface area contributed by atoms with Gasteiger partial charge in [-0.15, -0.1) is 0 Å². The van der Waals surface area contributed by atoms with Gasteiger partial charge in [-0.1, -0.05) is 12.1 Å². The van der Waals surface area contributed by atoms with Crippen molar-refractivity contribution in [1.29, 1.82) is 0 Å². The molecule has 2 heterocycles. The number of fused-ring (bicyclic) bond motifs is 1. The van der Waals surface area contributed by atoms with Crippen LogP contribution in [0.5, 0.6) is 0 Å². The van der Waals surface area contributed by atoms with Crippen molar-refractivity contribution < 1.29 is 9.59 Å². The number of amides is 2. The summed E-state index contributed by atoms with van der Waals surface area (Å²) in [7, 11) is 2.00. The molecule has 4 nitrogen and oxygen atoms in total. The highest BCUT2D eigenvalue weighted by Crippen LogP contribution is 2.22. The molecule has 21 heavy (non-hydrogen) atoms. The Bertz CT molecular complexity index is 632. The van der Waals surface area contributed by atoms with E-state index in [0.717, 1.165) is 6.54 Å². The molecule has 0 N–H and O–H groups in total. The summed E-state index contributed by atoms with van der Waals surface area (Å²) in [5, 5.41) is 4.16. The quantitative estimate of drug-likeness (QED) is 0.797. The molecule has 0 saturated heterocycles. The maximum absolute atomic E-state index is 12.2. The van der Waals surface area contributed by atoms with E-state index in [-0.39, 0.29) is 11.8 Å². The number of imide groups is 1. The largest absolute Gasteiger partial charge is 0.300 e. The summed E-state index contributed by atoms with van der Waals surface area (Å²) in [6, 6.07) is 9.09. The first kappa shape index (κ1) is 14.0. The molecule has 108 valence electrons. The molecular formula is C16H16N2O2S. The lowest BCUT2D eigenvalue weighted by Gasteiger charge is -2.20. The monoisotopic (exact) mass is 300 g/mol. The normalized spacial score (nSPS) is 14.1. The molecule has 0 saturated carbocycles. The fourth-order valence-corrected chi connectivity index (χ4v) is 3.15. The fourth-order valence-electron chi connectivity index (χ4n) is 2.49. The van der Waals surface area contributed by atoms with Crippen molar-refractivity contribution in [1.82, 2.24) is 9.80 Å². The number of hydrogen-bond donors (Lipinski definition) is 0. The van der Waals surface area contributed by atoms with Crippen molar-refractivity contribution >= 4 is 23.2 Å². The van der Waals surface area contributed by atoms with Crippen LogP contribution >= 0.6 is 11.3 Å². The Hall–Kier alpha value is -1.98. The van der Waals surface area contributed by atoms with E-state index < -0.39 is 0 Å². The van der Waals surface area contributed by atoms with Crippen molar-refractivity contribution in [2.45, 2.75) is 6.54 Å². The van der Waals surface area contributed by atoms with Crippen LogP contribution in [0.1, 0.15) is 26.3 Å². The van der Waals surface area contributed by atoms with E-state index in [0.29, 0.717) is 24.2 Å². The van der Waals surface area contributed by atoms with Crippen LogP contribution in [0, 0.1) is 0 Å². The Morgan fingerprint density at radius 1 is 1.10 bits per heavy atom. The number of rotatable bonds is 5. The first-order valence-electron chi connectivity index (χ1n) is 6.81. The molecule has 1 aromatic carbocycles. The zero-order valence-corrected chi connectivity index (χ0v) is 12.6. The van der Waals surface area contributed by atoms with Crippen LogP contribution in [-0.2, 0) is 6.54 Å². The average molecular weight is 300 g/mol. The van der Waals surface area contributed by atoms with E-state index in [1.165, 1.54) is 10.5 Å². The van der Waals surface area contributed by atoms with E-state index in [1.54, 1.807) is 35.6 Å². The summed E-state index contributed by atoms with van der Waals surface area (Å²) >= 11 is 1.67. The number of nitrogens with zero attached hydrogens (tertiary/aromatic N) is 2. The molecular weight excluding hydrogens is 284 g/mol. The third-order valence-corrected chi connectivity index (χ3v) is 4.35. The van der Waals surface area contributed by atoms with Crippen molar-refractivity contribution in [2.75, 3.05) is 20.1 Å². The Kier molecular flexibility index (Phi) is 3.86. The van der Waals surface area contributed by atoms with E-state index in [4.69, 9.17) is 0 Å². The van der Waals surface area contributed by atoms with E-state index in [9.17, 15) is 9.59 Å². The number of benzene rings is 1. The zero-order chi connectivity index (χ0) is 14.8. The molecule has 0 unspecified atom stereocenters. The molecule has 2 amide bonds. The Labute approximate surface area is 127 Å². The summed E-state index contributed by atoms with van der Waals surface area (Å²) < 4.78 is 0. The molecule has 1 aliphatic heterocycles. The SMILES string of the molecule is CN(CCN1C(=O)c2ccccc2C1=O)Cc1ccsc1. The minimum atomic E-state index is -0.181. The van der Waals surface area contributed by atoms with Crippen molar-refractivity contribution in [2.24, 2.45) is 0 Å². The predicted molar refractivity (Wildman–Crippen MR) is 82.5 cm³/mol. The first-order chi connectivity index (χ1) is 10.2. The van der Waals surface area contributed by atoms with Gasteiger partial charge in [-0.2, -0.15) is 11.3 Å². The van der Waals surface area contributed by atoms with Gasteiger partial charge in [0.05, 0.1) is 11.1 Å². The number of hydrogen-bond acceptors (Lipinski definition) is 4. The highest BCUT2D eigenvalue weighted by Gasteiger charge is 2.34. The topological polar surface area (TPSA) is 40.6 Å². The van der Waals surface area contributed by atoms with E-state index in [1.807, 2.05) is 12.4 Å². The van der Waals surface area contributed by atoms with Gasteiger partial charge in [-0.25, -0.2) is 0 Å². The average Bonchev–Trinajstić information content (AvgIpc) is 3.07. The summed E-state index contributed by atoms with van der Waals surface area (Å²) in [5.74, 6) is -0.362. The molecule has 0 aliphatic carbocycles. The third-order valence-electron chi connectivity index (χ3n) is 3.62. The molecule has 2 aromatic rings. The minimum Gasteiger partial charge on any atom is -0.300 e. The van der Waals surface area contributed by atoms with Gasteiger partial charge in [0.15, 0.2) is 0 Å². The summed E-state index contributed by atoms with van der Waals surface area (Å²) in [5.41, 5.74) is 2.29. The lowest BCUT2D eigenvalue weighted by molar-refractivity contribution is 0.0640. The van der Waals surface area contributed by atoms with Gasteiger partial charge < -0.3 is 4.90 Å². The second-order valence-corrected chi connectivity index (χ2v) is 5.96. The van der Waals surface area contributed by atoms with Crippen molar-refractivity contribution in [3.8, 4) is 0 Å².